The number of allylic oxidation sites excluding steroid dienone is 1. The molecule has 0 N–H and O–H groups in total. The average Bonchev–Trinajstić information content (AvgIpc) is 2.91. The van der Waals surface area contributed by atoms with Gasteiger partial charge in [0.25, 0.3) is 0 Å². The van der Waals surface area contributed by atoms with E-state index in [0.29, 0.717) is 11.3 Å². The summed E-state index contributed by atoms with van der Waals surface area (Å²) in [6.45, 7) is 4.66. The van der Waals surface area contributed by atoms with Gasteiger partial charge in [0.1, 0.15) is 11.7 Å². The molecule has 0 spiro atoms. The van der Waals surface area contributed by atoms with Gasteiger partial charge in [-0.3, -0.25) is 14.6 Å². The molecule has 0 bridgehead atoms. The molecule has 1 aliphatic heterocycles. The molecule has 1 fully saturated rings. The molecule has 4 unspecified atom stereocenters. The monoisotopic (exact) mass is 557 g/mol. The lowest BCUT2D eigenvalue weighted by Crippen LogP contribution is -2.49. The largest absolute Gasteiger partial charge is 0.496 e. The molecule has 0 amide bonds. The number of esters is 2. The molecule has 10 heteroatoms. The second-order valence-corrected chi connectivity index (χ2v) is 9.55. The first-order valence-electron chi connectivity index (χ1n) is 13.0. The van der Waals surface area contributed by atoms with E-state index < -0.39 is 53.1 Å². The topological polar surface area (TPSA) is 91.3 Å². The van der Waals surface area contributed by atoms with E-state index in [2.05, 4.69) is 4.99 Å². The Morgan fingerprint density at radius 3 is 2.20 bits per heavy atom. The number of para-hydroxylation sites is 1. The van der Waals surface area contributed by atoms with Crippen LogP contribution in [0.4, 0.5) is 13.2 Å². The van der Waals surface area contributed by atoms with E-state index in [0.717, 1.165) is 6.07 Å². The highest BCUT2D eigenvalue weighted by atomic mass is 19.4. The fourth-order valence-corrected chi connectivity index (χ4v) is 5.78. The number of ether oxygens (including phenoxy) is 3. The fourth-order valence-electron chi connectivity index (χ4n) is 5.78. The van der Waals surface area contributed by atoms with Gasteiger partial charge >= 0.3 is 18.1 Å². The van der Waals surface area contributed by atoms with Gasteiger partial charge in [-0.25, -0.2) is 4.79 Å². The van der Waals surface area contributed by atoms with Crippen LogP contribution in [0.25, 0.3) is 0 Å². The summed E-state index contributed by atoms with van der Waals surface area (Å²) >= 11 is 0. The Bertz CT molecular complexity index is 1380. The number of rotatable bonds is 7. The molecule has 4 atom stereocenters. The zero-order chi connectivity index (χ0) is 29.2. The van der Waals surface area contributed by atoms with E-state index >= 15 is 0 Å². The summed E-state index contributed by atoms with van der Waals surface area (Å²) in [6, 6.07) is 11.7. The zero-order valence-corrected chi connectivity index (χ0v) is 22.6. The van der Waals surface area contributed by atoms with Crippen molar-refractivity contribution >= 4 is 23.4 Å². The van der Waals surface area contributed by atoms with Crippen molar-refractivity contribution < 1.29 is 41.8 Å². The molecule has 2 aromatic rings. The van der Waals surface area contributed by atoms with Crippen LogP contribution in [-0.4, -0.2) is 43.8 Å². The van der Waals surface area contributed by atoms with Gasteiger partial charge in [0.15, 0.2) is 5.78 Å². The van der Waals surface area contributed by atoms with Gasteiger partial charge in [-0.05, 0) is 50.5 Å². The average molecular weight is 558 g/mol. The molecule has 1 aliphatic carbocycles. The molecule has 212 valence electrons. The number of Topliss-reactive ketones (excluding diaryl/α,β-unsaturated/α-hetero) is 1. The number of halogens is 3. The van der Waals surface area contributed by atoms with Crippen LogP contribution in [0, 0.1) is 11.8 Å². The number of hydrogen-bond donors (Lipinski definition) is 0. The maximum atomic E-state index is 14.4. The van der Waals surface area contributed by atoms with E-state index in [9.17, 15) is 27.6 Å². The molecule has 40 heavy (non-hydrogen) atoms. The molecule has 2 aromatic carbocycles. The van der Waals surface area contributed by atoms with Crippen LogP contribution in [0.5, 0.6) is 5.75 Å². The first-order valence-corrected chi connectivity index (χ1v) is 13.0. The fraction of sp³-hybridized carbons (Fsp3) is 0.400. The van der Waals surface area contributed by atoms with Gasteiger partial charge in [0.05, 0.1) is 37.4 Å². The van der Waals surface area contributed by atoms with Gasteiger partial charge in [0, 0.05) is 23.2 Å². The third-order valence-electron chi connectivity index (χ3n) is 7.32. The number of hydrogen-bond acceptors (Lipinski definition) is 7. The number of benzene rings is 2. The minimum absolute atomic E-state index is 0.000291. The van der Waals surface area contributed by atoms with E-state index in [4.69, 9.17) is 14.2 Å². The summed E-state index contributed by atoms with van der Waals surface area (Å²) in [5.41, 5.74) is -0.367. The molecule has 2 aliphatic rings. The lowest BCUT2D eigenvalue weighted by atomic mass is 9.61. The number of alkyl halides is 3. The van der Waals surface area contributed by atoms with Gasteiger partial charge in [-0.2, -0.15) is 13.2 Å². The summed E-state index contributed by atoms with van der Waals surface area (Å²) < 4.78 is 58.7. The number of carbonyl (C=O) groups excluding carboxylic acids is 3. The van der Waals surface area contributed by atoms with Crippen LogP contribution in [0.2, 0.25) is 0 Å². The van der Waals surface area contributed by atoms with Crippen LogP contribution in [0.3, 0.4) is 0 Å². The van der Waals surface area contributed by atoms with Crippen molar-refractivity contribution in [2.45, 2.75) is 45.2 Å². The number of carbonyl (C=O) groups is 3. The Hall–Kier alpha value is -3.95. The van der Waals surface area contributed by atoms with Crippen LogP contribution < -0.4 is 4.74 Å². The van der Waals surface area contributed by atoms with Crippen molar-refractivity contribution in [2.75, 3.05) is 20.3 Å². The molecule has 4 rings (SSSR count). The third-order valence-corrected chi connectivity index (χ3v) is 7.32. The van der Waals surface area contributed by atoms with Gasteiger partial charge in [-0.1, -0.05) is 36.4 Å². The van der Waals surface area contributed by atoms with Gasteiger partial charge < -0.3 is 14.2 Å². The highest BCUT2D eigenvalue weighted by Gasteiger charge is 2.54. The molecule has 0 saturated heterocycles. The van der Waals surface area contributed by atoms with Gasteiger partial charge in [0.2, 0.25) is 0 Å². The van der Waals surface area contributed by atoms with Crippen LogP contribution in [0.15, 0.2) is 64.8 Å². The second kappa shape index (κ2) is 11.7. The van der Waals surface area contributed by atoms with Crippen LogP contribution >= 0.6 is 0 Å². The minimum Gasteiger partial charge on any atom is -0.496 e. The van der Waals surface area contributed by atoms with E-state index in [1.54, 1.807) is 38.1 Å². The summed E-state index contributed by atoms with van der Waals surface area (Å²) in [5, 5.41) is 0. The summed E-state index contributed by atoms with van der Waals surface area (Å²) in [7, 11) is 1.46. The van der Waals surface area contributed by atoms with Gasteiger partial charge in [-0.15, -0.1) is 0 Å². The molecular formula is C30H30F3NO6. The van der Waals surface area contributed by atoms with Crippen molar-refractivity contribution in [3.8, 4) is 5.75 Å². The number of fused-ring (bicyclic) bond motifs is 1. The smallest absolute Gasteiger partial charge is 0.416 e. The predicted octanol–water partition coefficient (Wildman–Crippen LogP) is 5.64. The Balaban J connectivity index is 1.97. The van der Waals surface area contributed by atoms with Crippen molar-refractivity contribution in [3.63, 3.8) is 0 Å². The normalized spacial score (nSPS) is 22.8. The lowest BCUT2D eigenvalue weighted by Gasteiger charge is -2.41. The first kappa shape index (κ1) is 29.0. The predicted molar refractivity (Wildman–Crippen MR) is 140 cm³/mol. The molecule has 7 nitrogen and oxygen atoms in total. The Morgan fingerprint density at radius 1 is 0.950 bits per heavy atom. The number of ketones is 1. The van der Waals surface area contributed by atoms with Crippen molar-refractivity contribution in [3.05, 3.63) is 76.5 Å². The summed E-state index contributed by atoms with van der Waals surface area (Å²) in [6.07, 6.45) is -4.70. The minimum atomic E-state index is -4.77. The van der Waals surface area contributed by atoms with E-state index in [-0.39, 0.29) is 42.2 Å². The SMILES string of the molecule is CCOC(=O)C1=C(C)N=C2CC(c3ccccc3OC)C(C(=O)OCC)C(=O)C2C1c1ccccc1C(F)(F)F. The highest BCUT2D eigenvalue weighted by Crippen LogP contribution is 2.51. The Kier molecular flexibility index (Phi) is 8.46. The van der Waals surface area contributed by atoms with E-state index in [1.165, 1.54) is 32.2 Å². The van der Waals surface area contributed by atoms with Crippen molar-refractivity contribution in [2.24, 2.45) is 16.8 Å². The molecular weight excluding hydrogens is 527 g/mol. The van der Waals surface area contributed by atoms with Crippen LogP contribution in [0.1, 0.15) is 55.7 Å². The first-order chi connectivity index (χ1) is 19.0. The Labute approximate surface area is 230 Å². The number of aliphatic imine (C=N–C) groups is 1. The standard InChI is InChI=1S/C30H30F3NO6/c1-5-39-28(36)23-16(3)34-21-15-19(17-11-8-10-14-22(17)38-4)25(29(37)40-6-2)27(35)26(21)24(23)18-12-7-9-13-20(18)30(31,32)33/h7-14,19,24-26H,5-6,15H2,1-4H3. The molecule has 1 heterocycles. The maximum absolute atomic E-state index is 14.4. The molecule has 1 saturated carbocycles. The highest BCUT2D eigenvalue weighted by molar-refractivity contribution is 6.18. The van der Waals surface area contributed by atoms with Crippen LogP contribution in [-0.2, 0) is 30.0 Å². The van der Waals surface area contributed by atoms with Crippen molar-refractivity contribution in [1.82, 2.24) is 0 Å². The lowest BCUT2D eigenvalue weighted by molar-refractivity contribution is -0.154. The number of nitrogens with zero attached hydrogens (tertiary/aromatic N) is 1. The maximum Gasteiger partial charge on any atom is 0.416 e. The third kappa shape index (κ3) is 5.26. The van der Waals surface area contributed by atoms with Crippen molar-refractivity contribution in [1.29, 1.82) is 0 Å². The molecule has 0 aromatic heterocycles. The second-order valence-electron chi connectivity index (χ2n) is 9.55. The summed E-state index contributed by atoms with van der Waals surface area (Å²) in [5.74, 6) is -6.67. The van der Waals surface area contributed by atoms with E-state index in [1.807, 2.05) is 0 Å². The molecule has 0 radical (unpaired) electrons. The quantitative estimate of drug-likeness (QED) is 0.323. The zero-order valence-electron chi connectivity index (χ0n) is 22.6. The Morgan fingerprint density at radius 2 is 1.57 bits per heavy atom. The number of methoxy groups -OCH3 is 1. The summed E-state index contributed by atoms with van der Waals surface area (Å²) in [4.78, 5) is 45.4.